The van der Waals surface area contributed by atoms with Crippen molar-refractivity contribution < 1.29 is 4.39 Å². The van der Waals surface area contributed by atoms with Crippen LogP contribution in [-0.4, -0.2) is 43.0 Å². The zero-order valence-corrected chi connectivity index (χ0v) is 18.0. The molecule has 0 radical (unpaired) electrons. The fraction of sp³-hybridized carbons (Fsp3) is 0.227. The van der Waals surface area contributed by atoms with Crippen molar-refractivity contribution in [2.75, 3.05) is 18.4 Å². The van der Waals surface area contributed by atoms with Crippen molar-refractivity contribution in [1.29, 1.82) is 0 Å². The molecular weight excluding hydrogens is 427 g/mol. The first-order chi connectivity index (χ1) is 15.8. The molecule has 32 heavy (non-hydrogen) atoms. The number of fused-ring (bicyclic) bond motifs is 2. The Kier molecular flexibility index (Phi) is 5.95. The number of pyridine rings is 1. The molecule has 0 saturated heterocycles. The number of hydrogen-bond acceptors (Lipinski definition) is 8. The van der Waals surface area contributed by atoms with Gasteiger partial charge >= 0.3 is 0 Å². The van der Waals surface area contributed by atoms with Crippen molar-refractivity contribution in [3.05, 3.63) is 71.3 Å². The fourth-order valence-corrected chi connectivity index (χ4v) is 4.30. The Morgan fingerprint density at radius 3 is 2.78 bits per heavy atom. The van der Waals surface area contributed by atoms with E-state index in [1.165, 1.54) is 12.4 Å². The largest absolute Gasteiger partial charge is 0.362 e. The highest BCUT2D eigenvalue weighted by Gasteiger charge is 2.12. The van der Waals surface area contributed by atoms with Gasteiger partial charge in [-0.15, -0.1) is 0 Å². The second kappa shape index (κ2) is 9.33. The highest BCUT2D eigenvalue weighted by Crippen LogP contribution is 2.25. The van der Waals surface area contributed by atoms with Crippen LogP contribution in [0.25, 0.3) is 21.4 Å². The number of halogens is 1. The summed E-state index contributed by atoms with van der Waals surface area (Å²) in [5.41, 5.74) is 3.09. The Hall–Kier alpha value is -3.50. The van der Waals surface area contributed by atoms with E-state index in [4.69, 9.17) is 4.98 Å². The minimum Gasteiger partial charge on any atom is -0.362 e. The standard InChI is InChI=1S/C22H21FN8S/c23-14-4-3-9-25-17(14)12-26-21-20-22(28-13-27-21)32-19(31-20)8-11-24-10-7-18-29-15-5-1-2-6-16(15)30-18/h1-6,9,13,24H,7-8,10-12H2,(H,29,30)(H,26,27,28). The minimum atomic E-state index is -0.349. The number of H-pyrrole nitrogens is 1. The third-order valence-corrected chi connectivity index (χ3v) is 6.01. The molecule has 10 heteroatoms. The number of nitrogens with one attached hydrogen (secondary N) is 3. The van der Waals surface area contributed by atoms with E-state index < -0.39 is 0 Å². The Labute approximate surface area is 187 Å². The van der Waals surface area contributed by atoms with Gasteiger partial charge in [-0.1, -0.05) is 23.5 Å². The molecule has 0 fully saturated rings. The minimum absolute atomic E-state index is 0.231. The van der Waals surface area contributed by atoms with Gasteiger partial charge in [-0.25, -0.2) is 24.3 Å². The van der Waals surface area contributed by atoms with E-state index >= 15 is 0 Å². The molecular formula is C22H21FN8S. The first kappa shape index (κ1) is 20.4. The summed E-state index contributed by atoms with van der Waals surface area (Å²) in [4.78, 5) is 26.1. The van der Waals surface area contributed by atoms with Crippen molar-refractivity contribution in [1.82, 2.24) is 35.2 Å². The summed E-state index contributed by atoms with van der Waals surface area (Å²) in [7, 11) is 0. The first-order valence-electron chi connectivity index (χ1n) is 10.3. The van der Waals surface area contributed by atoms with Crippen molar-refractivity contribution in [2.45, 2.75) is 19.4 Å². The van der Waals surface area contributed by atoms with Crippen LogP contribution < -0.4 is 10.6 Å². The molecule has 0 unspecified atom stereocenters. The number of thiazole rings is 1. The average Bonchev–Trinajstić information content (AvgIpc) is 3.42. The summed E-state index contributed by atoms with van der Waals surface area (Å²) < 4.78 is 13.8. The van der Waals surface area contributed by atoms with Gasteiger partial charge in [0.1, 0.15) is 28.3 Å². The monoisotopic (exact) mass is 448 g/mol. The summed E-state index contributed by atoms with van der Waals surface area (Å²) in [5, 5.41) is 7.55. The lowest BCUT2D eigenvalue weighted by atomic mass is 10.3. The van der Waals surface area contributed by atoms with E-state index in [2.05, 4.69) is 35.6 Å². The molecule has 0 amide bonds. The number of aromatic nitrogens is 6. The van der Waals surface area contributed by atoms with E-state index in [1.54, 1.807) is 23.6 Å². The van der Waals surface area contributed by atoms with E-state index in [0.717, 1.165) is 52.6 Å². The van der Waals surface area contributed by atoms with Gasteiger partial charge in [-0.3, -0.25) is 4.98 Å². The molecule has 0 aliphatic heterocycles. The molecule has 162 valence electrons. The second-order valence-electron chi connectivity index (χ2n) is 7.22. The Bertz CT molecular complexity index is 1320. The van der Waals surface area contributed by atoms with E-state index in [1.807, 2.05) is 24.3 Å². The lowest BCUT2D eigenvalue weighted by Gasteiger charge is -2.05. The van der Waals surface area contributed by atoms with Crippen LogP contribution >= 0.6 is 11.3 Å². The number of hydrogen-bond donors (Lipinski definition) is 3. The zero-order valence-electron chi connectivity index (χ0n) is 17.2. The summed E-state index contributed by atoms with van der Waals surface area (Å²) in [6.45, 7) is 1.86. The molecule has 0 saturated carbocycles. The van der Waals surface area contributed by atoms with Crippen LogP contribution in [0.5, 0.6) is 0 Å². The highest BCUT2D eigenvalue weighted by molar-refractivity contribution is 7.18. The van der Waals surface area contributed by atoms with Crippen molar-refractivity contribution >= 4 is 38.5 Å². The molecule has 4 aromatic heterocycles. The highest BCUT2D eigenvalue weighted by atomic mass is 32.1. The molecule has 0 spiro atoms. The number of rotatable bonds is 9. The van der Waals surface area contributed by atoms with Gasteiger partial charge in [0, 0.05) is 32.1 Å². The molecule has 0 atom stereocenters. The first-order valence-corrected chi connectivity index (χ1v) is 11.2. The van der Waals surface area contributed by atoms with Crippen LogP contribution in [0.1, 0.15) is 16.5 Å². The lowest BCUT2D eigenvalue weighted by Crippen LogP contribution is -2.20. The molecule has 3 N–H and O–H groups in total. The van der Waals surface area contributed by atoms with Gasteiger partial charge in [0.25, 0.3) is 0 Å². The summed E-state index contributed by atoms with van der Waals surface area (Å²) in [6.07, 6.45) is 4.68. The Morgan fingerprint density at radius 1 is 0.969 bits per heavy atom. The lowest BCUT2D eigenvalue weighted by molar-refractivity contribution is 0.602. The third-order valence-electron chi connectivity index (χ3n) is 4.99. The second-order valence-corrected chi connectivity index (χ2v) is 8.28. The predicted molar refractivity (Wildman–Crippen MR) is 123 cm³/mol. The average molecular weight is 449 g/mol. The maximum absolute atomic E-state index is 13.8. The quantitative estimate of drug-likeness (QED) is 0.297. The van der Waals surface area contributed by atoms with Crippen LogP contribution in [0.2, 0.25) is 0 Å². The Balaban J connectivity index is 1.15. The molecule has 0 bridgehead atoms. The van der Waals surface area contributed by atoms with Gasteiger partial charge in [-0.05, 0) is 24.3 Å². The molecule has 8 nitrogen and oxygen atoms in total. The number of nitrogens with zero attached hydrogens (tertiary/aromatic N) is 5. The van der Waals surface area contributed by atoms with Crippen molar-refractivity contribution in [2.24, 2.45) is 0 Å². The van der Waals surface area contributed by atoms with Gasteiger partial charge in [0.05, 0.1) is 28.3 Å². The fourth-order valence-electron chi connectivity index (χ4n) is 3.40. The molecule has 1 aromatic carbocycles. The molecule has 0 aliphatic rings. The van der Waals surface area contributed by atoms with Crippen LogP contribution in [0, 0.1) is 5.82 Å². The van der Waals surface area contributed by atoms with Crippen molar-refractivity contribution in [3.63, 3.8) is 0 Å². The SMILES string of the molecule is Fc1cccnc1CNc1ncnc2sc(CCNCCc3nc4ccccc4[nH]3)nc12. The van der Waals surface area contributed by atoms with Gasteiger partial charge < -0.3 is 15.6 Å². The topological polar surface area (TPSA) is 104 Å². The van der Waals surface area contributed by atoms with E-state index in [0.29, 0.717) is 17.0 Å². The maximum atomic E-state index is 13.8. The summed E-state index contributed by atoms with van der Waals surface area (Å²) in [5.74, 6) is 1.22. The smallest absolute Gasteiger partial charge is 0.157 e. The van der Waals surface area contributed by atoms with E-state index in [9.17, 15) is 4.39 Å². The maximum Gasteiger partial charge on any atom is 0.157 e. The molecule has 4 heterocycles. The van der Waals surface area contributed by atoms with Crippen LogP contribution in [0.4, 0.5) is 10.2 Å². The zero-order chi connectivity index (χ0) is 21.8. The molecule has 5 rings (SSSR count). The summed E-state index contributed by atoms with van der Waals surface area (Å²) >= 11 is 1.54. The van der Waals surface area contributed by atoms with Crippen LogP contribution in [0.3, 0.4) is 0 Å². The Morgan fingerprint density at radius 2 is 1.88 bits per heavy atom. The normalized spacial score (nSPS) is 11.4. The number of para-hydroxylation sites is 2. The molecule has 0 aliphatic carbocycles. The van der Waals surface area contributed by atoms with Crippen LogP contribution in [0.15, 0.2) is 48.9 Å². The van der Waals surface area contributed by atoms with Gasteiger partial charge in [0.2, 0.25) is 0 Å². The van der Waals surface area contributed by atoms with Crippen molar-refractivity contribution in [3.8, 4) is 0 Å². The predicted octanol–water partition coefficient (Wildman–Crippen LogP) is 3.48. The number of benzene rings is 1. The summed E-state index contributed by atoms with van der Waals surface area (Å²) in [6, 6.07) is 11.0. The van der Waals surface area contributed by atoms with Gasteiger partial charge in [-0.2, -0.15) is 0 Å². The number of aromatic amines is 1. The van der Waals surface area contributed by atoms with Crippen LogP contribution in [-0.2, 0) is 19.4 Å². The number of anilines is 1. The third kappa shape index (κ3) is 4.56. The molecule has 5 aromatic rings. The number of imidazole rings is 1. The van der Waals surface area contributed by atoms with E-state index in [-0.39, 0.29) is 12.4 Å². The van der Waals surface area contributed by atoms with Gasteiger partial charge in [0.15, 0.2) is 5.82 Å².